The first-order valence-corrected chi connectivity index (χ1v) is 22.2. The van der Waals surface area contributed by atoms with Gasteiger partial charge in [0.25, 0.3) is 0 Å². The van der Waals surface area contributed by atoms with Crippen molar-refractivity contribution in [3.05, 3.63) is 190 Å². The zero-order valence-corrected chi connectivity index (χ0v) is 34.7. The number of fused-ring (bicyclic) bond motifs is 2. The van der Waals surface area contributed by atoms with Crippen molar-refractivity contribution >= 4 is 47.5 Å². The lowest BCUT2D eigenvalue weighted by molar-refractivity contribution is -0.117. The molecule has 2 N–H and O–H groups in total. The van der Waals surface area contributed by atoms with Gasteiger partial charge >= 0.3 is 0 Å². The summed E-state index contributed by atoms with van der Waals surface area (Å²) in [7, 11) is 0. The van der Waals surface area contributed by atoms with Gasteiger partial charge in [0.2, 0.25) is 11.8 Å². The number of thioether (sulfide) groups is 2. The number of hydrogen-bond donors (Lipinski definition) is 2. The fourth-order valence-corrected chi connectivity index (χ4v) is 9.20. The molecular weight excluding hydrogens is 757 g/mol. The van der Waals surface area contributed by atoms with E-state index in [2.05, 4.69) is 68.5 Å². The number of rotatable bonds is 12. The summed E-state index contributed by atoms with van der Waals surface area (Å²) in [5, 5.41) is 15.7. The third-order valence-electron chi connectivity index (χ3n) is 10.3. The first-order chi connectivity index (χ1) is 28.4. The average Bonchev–Trinajstić information content (AvgIpc) is 3.80. The first-order valence-electron chi connectivity index (χ1n) is 19.9. The zero-order valence-electron chi connectivity index (χ0n) is 33.1. The molecule has 0 aliphatic carbocycles. The second kappa shape index (κ2) is 20.2. The molecule has 0 fully saturated rings. The van der Waals surface area contributed by atoms with E-state index in [1.54, 1.807) is 12.2 Å². The molecule has 2 aromatic heterocycles. The summed E-state index contributed by atoms with van der Waals surface area (Å²) in [6.45, 7) is 5.51. The summed E-state index contributed by atoms with van der Waals surface area (Å²) in [5.41, 5.74) is 11.6. The molecule has 6 aromatic rings. The van der Waals surface area contributed by atoms with E-state index in [1.165, 1.54) is 33.6 Å². The maximum atomic E-state index is 12.4. The smallest absolute Gasteiger partial charge is 0.244 e. The van der Waals surface area contributed by atoms with Crippen LogP contribution in [-0.4, -0.2) is 42.9 Å². The lowest BCUT2D eigenvalue weighted by atomic mass is 10.1. The van der Waals surface area contributed by atoms with Crippen LogP contribution >= 0.6 is 23.5 Å². The van der Waals surface area contributed by atoms with Crippen LogP contribution in [0.4, 0.5) is 0 Å². The molecule has 2 aliphatic rings. The Morgan fingerprint density at radius 2 is 0.948 bits per heavy atom. The molecule has 8 nitrogen and oxygen atoms in total. The van der Waals surface area contributed by atoms with Gasteiger partial charge in [-0.3, -0.25) is 19.0 Å². The normalized spacial score (nSPS) is 14.5. The van der Waals surface area contributed by atoms with Crippen LogP contribution in [0, 0.1) is 0 Å². The summed E-state index contributed by atoms with van der Waals surface area (Å²) >= 11 is 3.85. The van der Waals surface area contributed by atoms with Gasteiger partial charge < -0.3 is 10.6 Å². The third-order valence-corrected chi connectivity index (χ3v) is 12.3. The monoisotopic (exact) mass is 806 g/mol. The second-order valence-electron chi connectivity index (χ2n) is 14.5. The van der Waals surface area contributed by atoms with Crippen LogP contribution in [0.25, 0.3) is 12.2 Å². The number of carbonyl (C=O) groups is 2. The van der Waals surface area contributed by atoms with Crippen molar-refractivity contribution in [2.75, 3.05) is 11.5 Å². The largest absolute Gasteiger partial charge is 0.346 e. The van der Waals surface area contributed by atoms with E-state index in [1.807, 2.05) is 122 Å². The summed E-state index contributed by atoms with van der Waals surface area (Å²) in [4.78, 5) is 24.9. The molecule has 8 rings (SSSR count). The maximum Gasteiger partial charge on any atom is 0.244 e. The van der Waals surface area contributed by atoms with E-state index < -0.39 is 0 Å². The Balaban J connectivity index is 0.000000177. The van der Waals surface area contributed by atoms with E-state index in [0.717, 1.165) is 71.5 Å². The number of carbonyl (C=O) groups excluding carboxylic acids is 2. The fraction of sp³-hybridized carbons (Fsp3) is 0.250. The number of nitrogens with one attached hydrogen (secondary N) is 2. The van der Waals surface area contributed by atoms with Crippen LogP contribution in [-0.2, 0) is 47.0 Å². The van der Waals surface area contributed by atoms with Crippen LogP contribution in [0.1, 0.15) is 82.1 Å². The standard InChI is InChI=1S/2C24H25N3OS/c2*1-18(20-10-6-3-7-11-20)25-24(28)13-12-22-21-17-29-15-14-23(21)27(26-22)16-19-8-4-2-5-9-19/h2*2-13,18H,14-17H2,1H3,(H,25,28)/b2*13-12+/t2*18-/m10/s1. The maximum absolute atomic E-state index is 12.4. The predicted octanol–water partition coefficient (Wildman–Crippen LogP) is 9.22. The van der Waals surface area contributed by atoms with Crippen LogP contribution in [0.15, 0.2) is 133 Å². The Labute approximate surface area is 350 Å². The van der Waals surface area contributed by atoms with Crippen molar-refractivity contribution in [2.45, 2.75) is 63.4 Å². The van der Waals surface area contributed by atoms with Gasteiger partial charge in [0, 0.05) is 46.2 Å². The van der Waals surface area contributed by atoms with Crippen LogP contribution < -0.4 is 10.6 Å². The van der Waals surface area contributed by atoms with Crippen molar-refractivity contribution in [3.8, 4) is 0 Å². The molecule has 0 saturated carbocycles. The quantitative estimate of drug-likeness (QED) is 0.120. The summed E-state index contributed by atoms with van der Waals surface area (Å²) in [5.74, 6) is 3.93. The minimum Gasteiger partial charge on any atom is -0.346 e. The Kier molecular flexibility index (Phi) is 14.2. The molecule has 2 amide bonds. The van der Waals surface area contributed by atoms with Gasteiger partial charge in [-0.05, 0) is 72.6 Å². The highest BCUT2D eigenvalue weighted by atomic mass is 32.2. The number of amides is 2. The highest BCUT2D eigenvalue weighted by Crippen LogP contribution is 2.30. The Morgan fingerprint density at radius 3 is 1.33 bits per heavy atom. The van der Waals surface area contributed by atoms with Gasteiger partial charge in [-0.2, -0.15) is 33.7 Å². The van der Waals surface area contributed by atoms with Gasteiger partial charge in [0.15, 0.2) is 0 Å². The summed E-state index contributed by atoms with van der Waals surface area (Å²) in [6, 6.07) is 40.7. The topological polar surface area (TPSA) is 93.8 Å². The third kappa shape index (κ3) is 10.9. The van der Waals surface area contributed by atoms with Crippen molar-refractivity contribution in [3.63, 3.8) is 0 Å². The van der Waals surface area contributed by atoms with Gasteiger partial charge in [-0.1, -0.05) is 121 Å². The molecule has 4 aromatic carbocycles. The molecule has 4 heterocycles. The predicted molar refractivity (Wildman–Crippen MR) is 239 cm³/mol. The molecule has 296 valence electrons. The first kappa shape index (κ1) is 40.6. The van der Waals surface area contributed by atoms with Crippen LogP contribution in [0.3, 0.4) is 0 Å². The molecule has 10 heteroatoms. The average molecular weight is 807 g/mol. The lowest BCUT2D eigenvalue weighted by Crippen LogP contribution is -2.24. The minimum atomic E-state index is -0.101. The molecule has 2 aliphatic heterocycles. The number of hydrogen-bond acceptors (Lipinski definition) is 6. The summed E-state index contributed by atoms with van der Waals surface area (Å²) in [6.07, 6.45) is 8.97. The molecule has 0 radical (unpaired) electrons. The highest BCUT2D eigenvalue weighted by Gasteiger charge is 2.22. The highest BCUT2D eigenvalue weighted by molar-refractivity contribution is 7.98. The number of benzene rings is 4. The van der Waals surface area contributed by atoms with E-state index in [0.29, 0.717) is 0 Å². The van der Waals surface area contributed by atoms with E-state index >= 15 is 0 Å². The molecule has 0 saturated heterocycles. The number of aromatic nitrogens is 4. The zero-order chi connectivity index (χ0) is 40.1. The Morgan fingerprint density at radius 1 is 0.586 bits per heavy atom. The Bertz CT molecular complexity index is 2160. The Hall–Kier alpha value is -5.58. The van der Waals surface area contributed by atoms with Gasteiger partial charge in [-0.15, -0.1) is 0 Å². The van der Waals surface area contributed by atoms with Crippen molar-refractivity contribution in [1.82, 2.24) is 30.2 Å². The van der Waals surface area contributed by atoms with E-state index in [4.69, 9.17) is 10.2 Å². The van der Waals surface area contributed by atoms with Crippen molar-refractivity contribution < 1.29 is 9.59 Å². The molecule has 58 heavy (non-hydrogen) atoms. The lowest BCUT2D eigenvalue weighted by Gasteiger charge is -2.14. The molecule has 0 spiro atoms. The van der Waals surface area contributed by atoms with Gasteiger partial charge in [-0.25, -0.2) is 0 Å². The van der Waals surface area contributed by atoms with E-state index in [-0.39, 0.29) is 23.9 Å². The van der Waals surface area contributed by atoms with Crippen LogP contribution in [0.2, 0.25) is 0 Å². The SMILES string of the molecule is C[C@@H](NC(=O)/C=C/c1nn(Cc2ccccc2)c2c1CSCC2)c1ccccc1.C[C@H](NC(=O)/C=C/c1nn(Cc2ccccc2)c2c1CSCC2)c1ccccc1. The minimum absolute atomic E-state index is 0.0338. The molecule has 2 atom stereocenters. The van der Waals surface area contributed by atoms with Gasteiger partial charge in [0.05, 0.1) is 36.6 Å². The molecule has 0 unspecified atom stereocenters. The second-order valence-corrected chi connectivity index (χ2v) is 16.7. The molecular formula is C48H50N6O2S2. The fourth-order valence-electron chi connectivity index (χ4n) is 7.19. The van der Waals surface area contributed by atoms with Gasteiger partial charge in [0.1, 0.15) is 0 Å². The van der Waals surface area contributed by atoms with Crippen molar-refractivity contribution in [2.24, 2.45) is 0 Å². The van der Waals surface area contributed by atoms with Crippen molar-refractivity contribution in [1.29, 1.82) is 0 Å². The van der Waals surface area contributed by atoms with E-state index in [9.17, 15) is 9.59 Å². The summed E-state index contributed by atoms with van der Waals surface area (Å²) < 4.78 is 4.21. The molecule has 0 bridgehead atoms. The number of nitrogens with zero attached hydrogens (tertiary/aromatic N) is 4. The van der Waals surface area contributed by atoms with Crippen LogP contribution in [0.5, 0.6) is 0 Å².